The molecule has 0 spiro atoms. The van der Waals surface area contributed by atoms with Gasteiger partial charge in [-0.15, -0.1) is 0 Å². The fourth-order valence-corrected chi connectivity index (χ4v) is 11.0. The first-order valence-corrected chi connectivity index (χ1v) is 20.4. The molecule has 4 nitrogen and oxygen atoms in total. The molecule has 0 N–H and O–H groups in total. The molecule has 2 atom stereocenters. The monoisotopic (exact) mass is 692 g/mol. The average molecular weight is 693 g/mol. The van der Waals surface area contributed by atoms with Gasteiger partial charge in [-0.05, 0) is 84.2 Å². The van der Waals surface area contributed by atoms with Gasteiger partial charge in [0, 0.05) is 0 Å². The Morgan fingerprint density at radius 2 is 1.10 bits per heavy atom. The average Bonchev–Trinajstić information content (AvgIpc) is 3.14. The molecule has 1 aromatic heterocycles. The standard InChI is InChI=1S/C43H50O4P2/c1-43(2,3)38-30-18-28-36(48-38)42(45)47-40(32-21-10-5-11-22-32)39(31-19-8-4-9-20-31)46-41(44)35-27-16-17-29-37(35)49(33-23-12-6-13-24-33)34-25-14-7-15-26-34/h6-7,12-18,23-32,39-40H,4-5,8-11,19-22H2,1-3H3/t39-,40-/m1/s1. The minimum atomic E-state index is -1.01. The van der Waals surface area contributed by atoms with Gasteiger partial charge in [-0.1, -0.05) is 158 Å². The summed E-state index contributed by atoms with van der Waals surface area (Å²) in [6.45, 7) is 6.53. The van der Waals surface area contributed by atoms with Gasteiger partial charge in [0.05, 0.1) is 10.9 Å². The second-order valence-electron chi connectivity index (χ2n) is 14.7. The Labute approximate surface area is 295 Å². The van der Waals surface area contributed by atoms with Crippen LogP contribution in [-0.2, 0) is 14.9 Å². The lowest BCUT2D eigenvalue weighted by molar-refractivity contribution is -0.0860. The van der Waals surface area contributed by atoms with Crippen molar-refractivity contribution in [1.29, 1.82) is 0 Å². The van der Waals surface area contributed by atoms with Crippen LogP contribution >= 0.6 is 16.1 Å². The molecule has 49 heavy (non-hydrogen) atoms. The lowest BCUT2D eigenvalue weighted by atomic mass is 9.76. The molecule has 0 bridgehead atoms. The van der Waals surface area contributed by atoms with Crippen LogP contribution in [0.2, 0.25) is 0 Å². The van der Waals surface area contributed by atoms with E-state index in [9.17, 15) is 9.59 Å². The van der Waals surface area contributed by atoms with Crippen molar-refractivity contribution in [3.05, 3.63) is 119 Å². The molecule has 6 rings (SSSR count). The van der Waals surface area contributed by atoms with Gasteiger partial charge in [0.2, 0.25) is 0 Å². The van der Waals surface area contributed by atoms with Crippen molar-refractivity contribution in [3.63, 3.8) is 0 Å². The Hall–Kier alpha value is -3.32. The SMILES string of the molecule is CC(C)(C)c1cccc(C(=O)O[C@H](C2CCCCC2)[C@H](OC(=O)c2ccccc2P(c2ccccc2)c2ccccc2)C2CCCCC2)p1. The van der Waals surface area contributed by atoms with E-state index in [2.05, 4.69) is 81.4 Å². The number of hydrogen-bond donors (Lipinski definition) is 0. The highest BCUT2D eigenvalue weighted by Crippen LogP contribution is 2.40. The van der Waals surface area contributed by atoms with E-state index in [0.29, 0.717) is 10.9 Å². The predicted molar refractivity (Wildman–Crippen MR) is 204 cm³/mol. The normalized spacial score (nSPS) is 17.5. The van der Waals surface area contributed by atoms with Crippen LogP contribution in [0.15, 0.2) is 103 Å². The van der Waals surface area contributed by atoms with E-state index in [1.165, 1.54) is 28.7 Å². The molecule has 0 aliphatic heterocycles. The van der Waals surface area contributed by atoms with Gasteiger partial charge in [0.25, 0.3) is 0 Å². The van der Waals surface area contributed by atoms with E-state index in [4.69, 9.17) is 9.47 Å². The number of esters is 2. The zero-order valence-electron chi connectivity index (χ0n) is 29.2. The largest absolute Gasteiger partial charge is 0.455 e. The smallest absolute Gasteiger partial charge is 0.343 e. The molecular formula is C43H50O4P2. The maximum absolute atomic E-state index is 14.6. The van der Waals surface area contributed by atoms with Crippen LogP contribution in [-0.4, -0.2) is 24.1 Å². The lowest BCUT2D eigenvalue weighted by Crippen LogP contribution is -2.46. The van der Waals surface area contributed by atoms with Crippen molar-refractivity contribution in [1.82, 2.24) is 0 Å². The van der Waals surface area contributed by atoms with Crippen LogP contribution in [0.25, 0.3) is 0 Å². The number of carbonyl (C=O) groups excluding carboxylic acids is 2. The second-order valence-corrected chi connectivity index (χ2v) is 18.1. The summed E-state index contributed by atoms with van der Waals surface area (Å²) in [5.74, 6) is -0.273. The molecule has 4 aromatic rings. The maximum atomic E-state index is 14.6. The summed E-state index contributed by atoms with van der Waals surface area (Å²) in [5, 5.41) is 5.20. The molecule has 6 heteroatoms. The molecule has 2 aliphatic carbocycles. The fourth-order valence-electron chi connectivity index (χ4n) is 7.55. The van der Waals surface area contributed by atoms with E-state index >= 15 is 0 Å². The second kappa shape index (κ2) is 16.6. The van der Waals surface area contributed by atoms with Crippen LogP contribution in [0, 0.1) is 11.8 Å². The van der Waals surface area contributed by atoms with Gasteiger partial charge < -0.3 is 9.47 Å². The van der Waals surface area contributed by atoms with Crippen molar-refractivity contribution in [2.45, 2.75) is 103 Å². The molecule has 0 unspecified atom stereocenters. The van der Waals surface area contributed by atoms with Crippen LogP contribution in [0.4, 0.5) is 0 Å². The number of hydrogen-bond acceptors (Lipinski definition) is 4. The molecule has 3 aromatic carbocycles. The minimum absolute atomic E-state index is 0.0485. The summed E-state index contributed by atoms with van der Waals surface area (Å²) in [6, 6.07) is 34.9. The highest BCUT2D eigenvalue weighted by Gasteiger charge is 2.42. The van der Waals surface area contributed by atoms with E-state index < -0.39 is 20.1 Å². The third-order valence-electron chi connectivity index (χ3n) is 10.2. The fraction of sp³-hybridized carbons (Fsp3) is 0.419. The maximum Gasteiger partial charge on any atom is 0.343 e. The van der Waals surface area contributed by atoms with Crippen molar-refractivity contribution < 1.29 is 19.1 Å². The van der Waals surface area contributed by atoms with Gasteiger partial charge in [-0.2, -0.15) is 0 Å². The molecule has 1 heterocycles. The highest BCUT2D eigenvalue weighted by atomic mass is 31.1. The quantitative estimate of drug-likeness (QED) is 0.123. The van der Waals surface area contributed by atoms with Crippen LogP contribution in [0.1, 0.15) is 111 Å². The van der Waals surface area contributed by atoms with Crippen LogP contribution < -0.4 is 15.9 Å². The first kappa shape index (κ1) is 35.5. The Bertz CT molecular complexity index is 1630. The Morgan fingerprint density at radius 1 is 0.612 bits per heavy atom. The van der Waals surface area contributed by atoms with Gasteiger partial charge in [-0.3, -0.25) is 0 Å². The third-order valence-corrected chi connectivity index (χ3v) is 14.3. The van der Waals surface area contributed by atoms with Crippen LogP contribution in [0.3, 0.4) is 0 Å². The summed E-state index contributed by atoms with van der Waals surface area (Å²) in [5.41, 5.74) is 0.548. The first-order valence-electron chi connectivity index (χ1n) is 18.2. The predicted octanol–water partition coefficient (Wildman–Crippen LogP) is 10.2. The van der Waals surface area contributed by atoms with E-state index in [1.54, 1.807) is 0 Å². The number of benzene rings is 3. The summed E-state index contributed by atoms with van der Waals surface area (Å²) in [7, 11) is -0.116. The zero-order chi connectivity index (χ0) is 34.2. The van der Waals surface area contributed by atoms with Crippen LogP contribution in [0.5, 0.6) is 0 Å². The highest BCUT2D eigenvalue weighted by molar-refractivity contribution is 7.80. The van der Waals surface area contributed by atoms with Crippen molar-refractivity contribution in [2.24, 2.45) is 11.8 Å². The molecule has 2 saturated carbocycles. The van der Waals surface area contributed by atoms with Gasteiger partial charge >= 0.3 is 11.9 Å². The number of rotatable bonds is 10. The molecule has 0 saturated heterocycles. The topological polar surface area (TPSA) is 52.6 Å². The van der Waals surface area contributed by atoms with E-state index in [1.807, 2.05) is 42.5 Å². The minimum Gasteiger partial charge on any atom is -0.455 e. The number of carbonyl (C=O) groups is 2. The summed E-state index contributed by atoms with van der Waals surface area (Å²) in [4.78, 5) is 28.7. The molecule has 256 valence electrons. The molecule has 2 aliphatic rings. The third kappa shape index (κ3) is 8.89. The van der Waals surface area contributed by atoms with Crippen molar-refractivity contribution in [3.8, 4) is 0 Å². The van der Waals surface area contributed by atoms with E-state index in [0.717, 1.165) is 64.9 Å². The van der Waals surface area contributed by atoms with Crippen molar-refractivity contribution >= 4 is 44.0 Å². The molecule has 0 radical (unpaired) electrons. The van der Waals surface area contributed by atoms with E-state index in [-0.39, 0.29) is 29.2 Å². The lowest BCUT2D eigenvalue weighted by Gasteiger charge is -2.39. The number of ether oxygens (including phenoxy) is 2. The Kier molecular flexibility index (Phi) is 12.0. The van der Waals surface area contributed by atoms with Gasteiger partial charge in [-0.25, -0.2) is 9.59 Å². The van der Waals surface area contributed by atoms with Gasteiger partial charge in [0.15, 0.2) is 0 Å². The van der Waals surface area contributed by atoms with Crippen molar-refractivity contribution in [2.75, 3.05) is 0 Å². The molecule has 0 amide bonds. The van der Waals surface area contributed by atoms with Gasteiger partial charge in [0.1, 0.15) is 12.2 Å². The molecule has 2 fully saturated rings. The Morgan fingerprint density at radius 3 is 1.63 bits per heavy atom. The Balaban J connectivity index is 1.36. The first-order chi connectivity index (χ1) is 23.8. The summed E-state index contributed by atoms with van der Waals surface area (Å²) < 4.78 is 13.4. The molecular weight excluding hydrogens is 642 g/mol. The zero-order valence-corrected chi connectivity index (χ0v) is 31.0. The summed E-state index contributed by atoms with van der Waals surface area (Å²) in [6.07, 6.45) is 9.77. The summed E-state index contributed by atoms with van der Waals surface area (Å²) >= 11 is 0.